The van der Waals surface area contributed by atoms with E-state index in [0.29, 0.717) is 6.54 Å². The van der Waals surface area contributed by atoms with E-state index in [-0.39, 0.29) is 4.90 Å². The molecule has 1 heterocycles. The monoisotopic (exact) mass is 310 g/mol. The maximum absolute atomic E-state index is 11.1. The molecule has 0 saturated carbocycles. The third-order valence-corrected chi connectivity index (χ3v) is 5.10. The van der Waals surface area contributed by atoms with Gasteiger partial charge in [0, 0.05) is 22.8 Å². The number of hydrogen-bond acceptors (Lipinski definition) is 4. The van der Waals surface area contributed by atoms with Crippen LogP contribution in [0.3, 0.4) is 0 Å². The van der Waals surface area contributed by atoms with Crippen molar-refractivity contribution in [3.05, 3.63) is 51.7 Å². The molecule has 0 radical (unpaired) electrons. The number of hydrogen-bond donors (Lipinski definition) is 2. The molecule has 0 amide bonds. The highest BCUT2D eigenvalue weighted by Crippen LogP contribution is 2.16. The summed E-state index contributed by atoms with van der Waals surface area (Å²) in [7, 11) is -3.60. The Labute approximate surface area is 123 Å². The highest BCUT2D eigenvalue weighted by molar-refractivity contribution is 7.89. The minimum atomic E-state index is -3.60. The number of nitrogens with two attached hydrogens (primary N) is 1. The van der Waals surface area contributed by atoms with Crippen LogP contribution < -0.4 is 10.5 Å². The Morgan fingerprint density at radius 3 is 2.25 bits per heavy atom. The smallest absolute Gasteiger partial charge is 0.238 e. The lowest BCUT2D eigenvalue weighted by molar-refractivity contribution is 0.597. The summed E-state index contributed by atoms with van der Waals surface area (Å²) in [6, 6.07) is 10.9. The second-order valence-corrected chi connectivity index (χ2v) is 7.33. The topological polar surface area (TPSA) is 72.2 Å². The molecule has 6 heteroatoms. The van der Waals surface area contributed by atoms with E-state index < -0.39 is 10.0 Å². The van der Waals surface area contributed by atoms with Crippen molar-refractivity contribution >= 4 is 21.4 Å². The van der Waals surface area contributed by atoms with Gasteiger partial charge >= 0.3 is 0 Å². The molecular formula is C14H18N2O2S2. The van der Waals surface area contributed by atoms with Gasteiger partial charge in [-0.2, -0.15) is 0 Å². The first-order chi connectivity index (χ1) is 9.49. The third kappa shape index (κ3) is 4.14. The lowest BCUT2D eigenvalue weighted by Gasteiger charge is -2.04. The van der Waals surface area contributed by atoms with Crippen molar-refractivity contribution in [2.75, 3.05) is 0 Å². The van der Waals surface area contributed by atoms with Crippen molar-refractivity contribution in [1.82, 2.24) is 5.32 Å². The van der Waals surface area contributed by atoms with Crippen LogP contribution in [0.1, 0.15) is 22.2 Å². The van der Waals surface area contributed by atoms with Crippen molar-refractivity contribution in [2.24, 2.45) is 5.14 Å². The Morgan fingerprint density at radius 2 is 1.70 bits per heavy atom. The molecule has 0 saturated heterocycles. The average molecular weight is 310 g/mol. The van der Waals surface area contributed by atoms with Crippen molar-refractivity contribution < 1.29 is 8.42 Å². The second-order valence-electron chi connectivity index (χ2n) is 4.51. The molecule has 4 nitrogen and oxygen atoms in total. The predicted molar refractivity (Wildman–Crippen MR) is 82.1 cm³/mol. The number of aryl methyl sites for hydroxylation is 1. The number of sulfonamides is 1. The van der Waals surface area contributed by atoms with Gasteiger partial charge in [-0.25, -0.2) is 13.6 Å². The van der Waals surface area contributed by atoms with Crippen molar-refractivity contribution in [3.63, 3.8) is 0 Å². The van der Waals surface area contributed by atoms with Crippen LogP contribution in [0, 0.1) is 0 Å². The molecule has 0 fully saturated rings. The Balaban J connectivity index is 1.88. The molecule has 2 rings (SSSR count). The van der Waals surface area contributed by atoms with Crippen LogP contribution in [0.2, 0.25) is 0 Å². The normalized spacial score (nSPS) is 11.7. The van der Waals surface area contributed by atoms with Crippen LogP contribution >= 0.6 is 11.3 Å². The standard InChI is InChI=1S/C14H18N2O2S2/c1-2-12-5-6-13(19-12)10-16-9-11-3-7-14(8-4-11)20(15,17)18/h3-8,16H,2,9-10H2,1H3,(H2,15,17,18). The quantitative estimate of drug-likeness (QED) is 0.859. The number of benzene rings is 1. The Morgan fingerprint density at radius 1 is 1.05 bits per heavy atom. The molecule has 108 valence electrons. The zero-order valence-corrected chi connectivity index (χ0v) is 12.9. The van der Waals surface area contributed by atoms with Crippen molar-refractivity contribution in [3.8, 4) is 0 Å². The van der Waals surface area contributed by atoms with Crippen LogP contribution in [0.25, 0.3) is 0 Å². The first kappa shape index (κ1) is 15.2. The minimum Gasteiger partial charge on any atom is -0.308 e. The van der Waals surface area contributed by atoms with Gasteiger partial charge in [0.15, 0.2) is 0 Å². The van der Waals surface area contributed by atoms with Crippen LogP contribution in [0.4, 0.5) is 0 Å². The fourth-order valence-corrected chi connectivity index (χ4v) is 3.28. The molecule has 3 N–H and O–H groups in total. The van der Waals surface area contributed by atoms with Crippen molar-refractivity contribution in [2.45, 2.75) is 31.3 Å². The summed E-state index contributed by atoms with van der Waals surface area (Å²) in [6.07, 6.45) is 1.07. The number of thiophene rings is 1. The van der Waals surface area contributed by atoms with Crippen LogP contribution in [-0.2, 0) is 29.5 Å². The summed E-state index contributed by atoms with van der Waals surface area (Å²) in [5.74, 6) is 0. The van der Waals surface area contributed by atoms with Crippen LogP contribution in [0.5, 0.6) is 0 Å². The third-order valence-electron chi connectivity index (χ3n) is 2.95. The van der Waals surface area contributed by atoms with E-state index in [1.165, 1.54) is 21.9 Å². The maximum atomic E-state index is 11.1. The molecule has 0 aliphatic carbocycles. The van der Waals surface area contributed by atoms with E-state index in [4.69, 9.17) is 5.14 Å². The van der Waals surface area contributed by atoms with Gasteiger partial charge in [0.2, 0.25) is 10.0 Å². The fraction of sp³-hybridized carbons (Fsp3) is 0.286. The molecule has 0 aliphatic rings. The van der Waals surface area contributed by atoms with E-state index >= 15 is 0 Å². The Hall–Kier alpha value is -1.21. The van der Waals surface area contributed by atoms with Crippen LogP contribution in [-0.4, -0.2) is 8.42 Å². The molecule has 20 heavy (non-hydrogen) atoms. The summed E-state index contributed by atoms with van der Waals surface area (Å²) in [5, 5.41) is 8.40. The van der Waals surface area contributed by atoms with E-state index in [1.54, 1.807) is 12.1 Å². The molecular weight excluding hydrogens is 292 g/mol. The molecule has 0 unspecified atom stereocenters. The van der Waals surface area contributed by atoms with Gasteiger partial charge in [-0.3, -0.25) is 0 Å². The van der Waals surface area contributed by atoms with Gasteiger partial charge in [0.05, 0.1) is 4.90 Å². The first-order valence-electron chi connectivity index (χ1n) is 6.39. The molecule has 0 spiro atoms. The van der Waals surface area contributed by atoms with Gasteiger partial charge in [-0.1, -0.05) is 19.1 Å². The number of primary sulfonamides is 1. The summed E-state index contributed by atoms with van der Waals surface area (Å²) >= 11 is 1.82. The highest BCUT2D eigenvalue weighted by Gasteiger charge is 2.06. The molecule has 0 aliphatic heterocycles. The number of rotatable bonds is 6. The zero-order valence-electron chi connectivity index (χ0n) is 11.3. The van der Waals surface area contributed by atoms with Crippen LogP contribution in [0.15, 0.2) is 41.3 Å². The first-order valence-corrected chi connectivity index (χ1v) is 8.75. The molecule has 2 aromatic rings. The molecule has 0 atom stereocenters. The van der Waals surface area contributed by atoms with Gasteiger partial charge in [-0.15, -0.1) is 11.3 Å². The highest BCUT2D eigenvalue weighted by atomic mass is 32.2. The average Bonchev–Trinajstić information content (AvgIpc) is 2.86. The lowest BCUT2D eigenvalue weighted by atomic mass is 10.2. The minimum absolute atomic E-state index is 0.145. The van der Waals surface area contributed by atoms with Gasteiger partial charge in [0.25, 0.3) is 0 Å². The summed E-state index contributed by atoms with van der Waals surface area (Å²) in [5.41, 5.74) is 1.03. The van der Waals surface area contributed by atoms with E-state index in [1.807, 2.05) is 11.3 Å². The predicted octanol–water partition coefficient (Wildman–Crippen LogP) is 2.25. The van der Waals surface area contributed by atoms with Gasteiger partial charge < -0.3 is 5.32 Å². The summed E-state index contributed by atoms with van der Waals surface area (Å²) < 4.78 is 22.3. The molecule has 1 aromatic heterocycles. The largest absolute Gasteiger partial charge is 0.308 e. The molecule has 1 aromatic carbocycles. The SMILES string of the molecule is CCc1ccc(CNCc2ccc(S(N)(=O)=O)cc2)s1. The lowest BCUT2D eigenvalue weighted by Crippen LogP contribution is -2.13. The van der Waals surface area contributed by atoms with Crippen molar-refractivity contribution in [1.29, 1.82) is 0 Å². The fourth-order valence-electron chi connectivity index (χ4n) is 1.83. The zero-order chi connectivity index (χ0) is 14.6. The van der Waals surface area contributed by atoms with Gasteiger partial charge in [0.1, 0.15) is 0 Å². The summed E-state index contributed by atoms with van der Waals surface area (Å²) in [6.45, 7) is 3.67. The molecule has 0 bridgehead atoms. The summed E-state index contributed by atoms with van der Waals surface area (Å²) in [4.78, 5) is 2.84. The maximum Gasteiger partial charge on any atom is 0.238 e. The Kier molecular flexibility index (Phi) is 4.93. The van der Waals surface area contributed by atoms with E-state index in [0.717, 1.165) is 18.5 Å². The van der Waals surface area contributed by atoms with Gasteiger partial charge in [-0.05, 0) is 36.2 Å². The second kappa shape index (κ2) is 6.49. The van der Waals surface area contributed by atoms with E-state index in [2.05, 4.69) is 24.4 Å². The Bertz CT molecular complexity index is 661. The number of nitrogens with one attached hydrogen (secondary N) is 1. The van der Waals surface area contributed by atoms with E-state index in [9.17, 15) is 8.42 Å².